The van der Waals surface area contributed by atoms with Crippen LogP contribution in [0, 0.1) is 17.0 Å². The van der Waals surface area contributed by atoms with Crippen LogP contribution in [-0.4, -0.2) is 54.2 Å². The van der Waals surface area contributed by atoms with Crippen molar-refractivity contribution in [2.45, 2.75) is 11.8 Å². The van der Waals surface area contributed by atoms with Crippen molar-refractivity contribution in [2.24, 2.45) is 0 Å². The standard InChI is InChI=1S/C11H16N2O6S/c1-9-3-2-4-10(13(16)17)11(9)20(18,19)12(5-7-14)6-8-15/h2-4,14-15H,5-8H2,1H3. The normalized spacial score (nSPS) is 11.8. The Morgan fingerprint density at radius 3 is 2.25 bits per heavy atom. The van der Waals surface area contributed by atoms with E-state index in [4.69, 9.17) is 10.2 Å². The Morgan fingerprint density at radius 1 is 1.25 bits per heavy atom. The van der Waals surface area contributed by atoms with Gasteiger partial charge < -0.3 is 10.2 Å². The van der Waals surface area contributed by atoms with Crippen LogP contribution in [0.25, 0.3) is 0 Å². The number of aliphatic hydroxyl groups is 2. The maximum absolute atomic E-state index is 12.5. The molecule has 1 aromatic carbocycles. The fraction of sp³-hybridized carbons (Fsp3) is 0.455. The summed E-state index contributed by atoms with van der Waals surface area (Å²) in [6.07, 6.45) is 0. The van der Waals surface area contributed by atoms with Crippen LogP contribution in [0.2, 0.25) is 0 Å². The molecule has 1 rings (SSSR count). The van der Waals surface area contributed by atoms with Crippen molar-refractivity contribution < 1.29 is 23.6 Å². The second kappa shape index (κ2) is 6.75. The van der Waals surface area contributed by atoms with Crippen LogP contribution in [0.3, 0.4) is 0 Å². The molecular weight excluding hydrogens is 288 g/mol. The molecule has 0 radical (unpaired) electrons. The van der Waals surface area contributed by atoms with E-state index in [9.17, 15) is 18.5 Å². The topological polar surface area (TPSA) is 121 Å². The predicted molar refractivity (Wildman–Crippen MR) is 70.8 cm³/mol. The average Bonchev–Trinajstić information content (AvgIpc) is 2.37. The van der Waals surface area contributed by atoms with Gasteiger partial charge in [-0.1, -0.05) is 12.1 Å². The number of hydrogen-bond donors (Lipinski definition) is 2. The lowest BCUT2D eigenvalue weighted by Gasteiger charge is -2.21. The quantitative estimate of drug-likeness (QED) is 0.535. The van der Waals surface area contributed by atoms with E-state index >= 15 is 0 Å². The fourth-order valence-corrected chi connectivity index (χ4v) is 3.60. The maximum Gasteiger partial charge on any atom is 0.289 e. The van der Waals surface area contributed by atoms with E-state index in [0.29, 0.717) is 0 Å². The number of nitro benzene ring substituents is 1. The Balaban J connectivity index is 3.44. The summed E-state index contributed by atoms with van der Waals surface area (Å²) in [5, 5.41) is 28.8. The summed E-state index contributed by atoms with van der Waals surface area (Å²) in [4.78, 5) is 9.80. The highest BCUT2D eigenvalue weighted by molar-refractivity contribution is 7.89. The molecule has 0 aliphatic rings. The molecule has 9 heteroatoms. The third-order valence-electron chi connectivity index (χ3n) is 2.68. The molecule has 0 fully saturated rings. The molecule has 0 unspecified atom stereocenters. The molecule has 0 bridgehead atoms. The number of rotatable bonds is 7. The molecule has 1 aromatic rings. The van der Waals surface area contributed by atoms with E-state index in [1.165, 1.54) is 19.1 Å². The van der Waals surface area contributed by atoms with Crippen LogP contribution in [0.5, 0.6) is 0 Å². The highest BCUT2D eigenvalue weighted by atomic mass is 32.2. The van der Waals surface area contributed by atoms with Crippen LogP contribution in [0.4, 0.5) is 5.69 Å². The number of aryl methyl sites for hydroxylation is 1. The first-order chi connectivity index (χ1) is 9.36. The van der Waals surface area contributed by atoms with Gasteiger partial charge in [0.05, 0.1) is 18.1 Å². The Kier molecular flexibility index (Phi) is 5.57. The van der Waals surface area contributed by atoms with Crippen LogP contribution in [0.15, 0.2) is 23.1 Å². The second-order valence-corrected chi connectivity index (χ2v) is 5.91. The number of aliphatic hydroxyl groups excluding tert-OH is 2. The fourth-order valence-electron chi connectivity index (χ4n) is 1.82. The number of hydrogen-bond acceptors (Lipinski definition) is 6. The highest BCUT2D eigenvalue weighted by Crippen LogP contribution is 2.29. The number of nitrogens with zero attached hydrogens (tertiary/aromatic N) is 2. The molecule has 0 atom stereocenters. The van der Waals surface area contributed by atoms with Gasteiger partial charge in [0.2, 0.25) is 10.0 Å². The molecule has 0 aliphatic heterocycles. The molecule has 0 spiro atoms. The van der Waals surface area contributed by atoms with Gasteiger partial charge in [-0.25, -0.2) is 8.42 Å². The number of benzene rings is 1. The van der Waals surface area contributed by atoms with Gasteiger partial charge in [0, 0.05) is 19.2 Å². The summed E-state index contributed by atoms with van der Waals surface area (Å²) >= 11 is 0. The first kappa shape index (κ1) is 16.5. The lowest BCUT2D eigenvalue weighted by atomic mass is 10.2. The van der Waals surface area contributed by atoms with Crippen molar-refractivity contribution in [2.75, 3.05) is 26.3 Å². The Labute approximate surface area is 116 Å². The summed E-state index contributed by atoms with van der Waals surface area (Å²) in [5.41, 5.74) is -0.286. The van der Waals surface area contributed by atoms with E-state index < -0.39 is 38.7 Å². The summed E-state index contributed by atoms with van der Waals surface area (Å²) in [6, 6.07) is 3.96. The van der Waals surface area contributed by atoms with E-state index in [1.54, 1.807) is 0 Å². The molecule has 112 valence electrons. The van der Waals surface area contributed by atoms with Crippen molar-refractivity contribution in [1.29, 1.82) is 0 Å². The molecule has 20 heavy (non-hydrogen) atoms. The van der Waals surface area contributed by atoms with Crippen LogP contribution < -0.4 is 0 Å². The van der Waals surface area contributed by atoms with Gasteiger partial charge in [-0.2, -0.15) is 4.31 Å². The van der Waals surface area contributed by atoms with Gasteiger partial charge in [0.15, 0.2) is 4.90 Å². The summed E-state index contributed by atoms with van der Waals surface area (Å²) in [6.45, 7) is 0.0799. The van der Waals surface area contributed by atoms with Gasteiger partial charge in [-0.3, -0.25) is 10.1 Å². The predicted octanol–water partition coefficient (Wildman–Crippen LogP) is -0.121. The average molecular weight is 304 g/mol. The van der Waals surface area contributed by atoms with E-state index in [-0.39, 0.29) is 18.7 Å². The van der Waals surface area contributed by atoms with Crippen LogP contribution in [0.1, 0.15) is 5.56 Å². The van der Waals surface area contributed by atoms with Crippen LogP contribution >= 0.6 is 0 Å². The van der Waals surface area contributed by atoms with Gasteiger partial charge in [-0.15, -0.1) is 0 Å². The zero-order valence-corrected chi connectivity index (χ0v) is 11.7. The van der Waals surface area contributed by atoms with Crippen molar-refractivity contribution >= 4 is 15.7 Å². The number of sulfonamides is 1. The SMILES string of the molecule is Cc1cccc([N+](=O)[O-])c1S(=O)(=O)N(CCO)CCO. The molecule has 0 aromatic heterocycles. The van der Waals surface area contributed by atoms with Crippen molar-refractivity contribution in [3.05, 3.63) is 33.9 Å². The second-order valence-electron chi connectivity index (χ2n) is 4.03. The molecule has 0 saturated heterocycles. The van der Waals surface area contributed by atoms with Crippen molar-refractivity contribution in [1.82, 2.24) is 4.31 Å². The van der Waals surface area contributed by atoms with E-state index in [1.807, 2.05) is 0 Å². The highest BCUT2D eigenvalue weighted by Gasteiger charge is 2.32. The zero-order valence-electron chi connectivity index (χ0n) is 10.9. The molecule has 0 saturated carbocycles. The van der Waals surface area contributed by atoms with Gasteiger partial charge in [0.25, 0.3) is 5.69 Å². The van der Waals surface area contributed by atoms with Crippen molar-refractivity contribution in [3.63, 3.8) is 0 Å². The molecule has 0 aliphatic carbocycles. The Hall–Kier alpha value is -1.55. The van der Waals surface area contributed by atoms with Crippen LogP contribution in [-0.2, 0) is 10.0 Å². The number of nitro groups is 1. The Bertz CT molecular complexity index is 581. The molecule has 0 amide bonds. The third-order valence-corrected chi connectivity index (χ3v) is 4.78. The van der Waals surface area contributed by atoms with Crippen molar-refractivity contribution in [3.8, 4) is 0 Å². The molecular formula is C11H16N2O6S. The van der Waals surface area contributed by atoms with Gasteiger partial charge in [0.1, 0.15) is 0 Å². The van der Waals surface area contributed by atoms with Gasteiger partial charge in [-0.05, 0) is 12.5 Å². The minimum Gasteiger partial charge on any atom is -0.395 e. The zero-order chi connectivity index (χ0) is 15.3. The van der Waals surface area contributed by atoms with Gasteiger partial charge >= 0.3 is 0 Å². The first-order valence-electron chi connectivity index (χ1n) is 5.82. The lowest BCUT2D eigenvalue weighted by Crippen LogP contribution is -2.36. The summed E-state index contributed by atoms with van der Waals surface area (Å²) < 4.78 is 25.7. The summed E-state index contributed by atoms with van der Waals surface area (Å²) in [5.74, 6) is 0. The molecule has 0 heterocycles. The first-order valence-corrected chi connectivity index (χ1v) is 7.26. The monoisotopic (exact) mass is 304 g/mol. The largest absolute Gasteiger partial charge is 0.395 e. The maximum atomic E-state index is 12.5. The van der Waals surface area contributed by atoms with E-state index in [0.717, 1.165) is 10.4 Å². The molecule has 8 nitrogen and oxygen atoms in total. The minimum atomic E-state index is -4.16. The van der Waals surface area contributed by atoms with E-state index in [2.05, 4.69) is 0 Å². The molecule has 2 N–H and O–H groups in total. The third kappa shape index (κ3) is 3.31. The minimum absolute atomic E-state index is 0.236. The summed E-state index contributed by atoms with van der Waals surface area (Å²) in [7, 11) is -4.16. The smallest absolute Gasteiger partial charge is 0.289 e. The lowest BCUT2D eigenvalue weighted by molar-refractivity contribution is -0.387. The Morgan fingerprint density at radius 2 is 1.80 bits per heavy atom.